The number of imidazole rings is 1. The highest BCUT2D eigenvalue weighted by atomic mass is 79.9. The predicted octanol–water partition coefficient (Wildman–Crippen LogP) is 3.82. The number of benzene rings is 2. The molecule has 1 aromatic heterocycles. The number of rotatable bonds is 4. The molecule has 4 rings (SSSR count). The molecule has 0 saturated carbocycles. The minimum absolute atomic E-state index is 0.172. The van der Waals surface area contributed by atoms with E-state index in [1.807, 2.05) is 30.3 Å². The first-order chi connectivity index (χ1) is 12.0. The molecule has 0 amide bonds. The highest BCUT2D eigenvalue weighted by Gasteiger charge is 2.29. The van der Waals surface area contributed by atoms with E-state index in [4.69, 9.17) is 4.98 Å². The van der Waals surface area contributed by atoms with E-state index in [-0.39, 0.29) is 11.7 Å². The van der Waals surface area contributed by atoms with Crippen molar-refractivity contribution in [2.24, 2.45) is 5.92 Å². The molecule has 0 bridgehead atoms. The quantitative estimate of drug-likeness (QED) is 0.646. The number of hydrogen-bond donors (Lipinski definition) is 0. The molecule has 0 unspecified atom stereocenters. The smallest absolute Gasteiger partial charge is 0.150 e. The molecule has 25 heavy (non-hydrogen) atoms. The van der Waals surface area contributed by atoms with Crippen LogP contribution in [-0.2, 0) is 22.8 Å². The first-order valence-electron chi connectivity index (χ1n) is 8.39. The molecule has 0 radical (unpaired) electrons. The third kappa shape index (κ3) is 3.65. The van der Waals surface area contributed by atoms with Gasteiger partial charge in [-0.25, -0.2) is 13.4 Å². The van der Waals surface area contributed by atoms with Gasteiger partial charge in [0.2, 0.25) is 0 Å². The minimum atomic E-state index is -2.86. The highest BCUT2D eigenvalue weighted by molar-refractivity contribution is 9.10. The van der Waals surface area contributed by atoms with Gasteiger partial charge in [-0.05, 0) is 42.2 Å². The summed E-state index contributed by atoms with van der Waals surface area (Å²) in [6.07, 6.45) is 1.45. The van der Waals surface area contributed by atoms with Crippen molar-refractivity contribution < 1.29 is 8.42 Å². The Kier molecular flexibility index (Phi) is 4.41. The second-order valence-corrected chi connectivity index (χ2v) is 9.85. The number of para-hydroxylation sites is 2. The van der Waals surface area contributed by atoms with Crippen molar-refractivity contribution in [2.45, 2.75) is 19.4 Å². The van der Waals surface area contributed by atoms with Gasteiger partial charge in [-0.1, -0.05) is 40.2 Å². The Balaban J connectivity index is 1.69. The molecule has 1 aliphatic heterocycles. The van der Waals surface area contributed by atoms with E-state index >= 15 is 0 Å². The minimum Gasteiger partial charge on any atom is -0.323 e. The van der Waals surface area contributed by atoms with E-state index in [0.29, 0.717) is 12.2 Å². The third-order valence-corrected chi connectivity index (χ3v) is 7.15. The fourth-order valence-electron chi connectivity index (χ4n) is 3.52. The van der Waals surface area contributed by atoms with Crippen LogP contribution < -0.4 is 0 Å². The molecule has 0 aliphatic carbocycles. The van der Waals surface area contributed by atoms with Gasteiger partial charge < -0.3 is 4.57 Å². The molecule has 1 aliphatic rings. The van der Waals surface area contributed by atoms with Crippen LogP contribution >= 0.6 is 15.9 Å². The molecule has 1 fully saturated rings. The molecule has 0 N–H and O–H groups in total. The molecule has 2 heterocycles. The summed E-state index contributed by atoms with van der Waals surface area (Å²) in [4.78, 5) is 4.80. The molecule has 130 valence electrons. The summed E-state index contributed by atoms with van der Waals surface area (Å²) in [5.41, 5.74) is 3.27. The van der Waals surface area contributed by atoms with Crippen LogP contribution in [0.1, 0.15) is 17.8 Å². The van der Waals surface area contributed by atoms with Crippen LogP contribution in [0.4, 0.5) is 0 Å². The zero-order chi connectivity index (χ0) is 17.4. The van der Waals surface area contributed by atoms with Crippen molar-refractivity contribution in [1.82, 2.24) is 9.55 Å². The van der Waals surface area contributed by atoms with Crippen LogP contribution in [0.2, 0.25) is 0 Å². The number of fused-ring (bicyclic) bond motifs is 1. The van der Waals surface area contributed by atoms with E-state index < -0.39 is 9.84 Å². The van der Waals surface area contributed by atoms with Crippen molar-refractivity contribution in [3.63, 3.8) is 0 Å². The van der Waals surface area contributed by atoms with Gasteiger partial charge in [0.15, 0.2) is 9.84 Å². The molecule has 3 aromatic rings. The lowest BCUT2D eigenvalue weighted by atomic mass is 10.0. The van der Waals surface area contributed by atoms with Crippen molar-refractivity contribution in [3.05, 3.63) is 64.4 Å². The summed E-state index contributed by atoms with van der Waals surface area (Å²) in [7, 11) is -2.86. The van der Waals surface area contributed by atoms with E-state index in [9.17, 15) is 8.42 Å². The Bertz CT molecular complexity index is 1010. The number of nitrogens with zero attached hydrogens (tertiary/aromatic N) is 2. The van der Waals surface area contributed by atoms with Crippen molar-refractivity contribution in [1.29, 1.82) is 0 Å². The highest BCUT2D eigenvalue weighted by Crippen LogP contribution is 2.25. The van der Waals surface area contributed by atoms with Crippen molar-refractivity contribution in [3.8, 4) is 0 Å². The summed E-state index contributed by atoms with van der Waals surface area (Å²) in [5.74, 6) is 1.75. The van der Waals surface area contributed by atoms with Gasteiger partial charge in [0, 0.05) is 17.4 Å². The molecule has 6 heteroatoms. The van der Waals surface area contributed by atoms with E-state index in [1.165, 1.54) is 5.56 Å². The van der Waals surface area contributed by atoms with E-state index in [0.717, 1.165) is 34.3 Å². The zero-order valence-corrected chi connectivity index (χ0v) is 16.1. The molecule has 4 nitrogen and oxygen atoms in total. The normalized spacial score (nSPS) is 19.5. The van der Waals surface area contributed by atoms with Crippen molar-refractivity contribution >= 4 is 36.8 Å². The molecule has 2 aromatic carbocycles. The average Bonchev–Trinajstić information content (AvgIpc) is 3.10. The van der Waals surface area contributed by atoms with Crippen LogP contribution in [0.15, 0.2) is 53.0 Å². The lowest BCUT2D eigenvalue weighted by Gasteiger charge is -2.12. The number of aromatic nitrogens is 2. The molecular formula is C19H19BrN2O2S. The lowest BCUT2D eigenvalue weighted by molar-refractivity contribution is 0.554. The molecular weight excluding hydrogens is 400 g/mol. The third-order valence-electron chi connectivity index (χ3n) is 4.79. The largest absolute Gasteiger partial charge is 0.323 e. The van der Waals surface area contributed by atoms with Crippen LogP contribution in [0.3, 0.4) is 0 Å². The Labute approximate surface area is 155 Å². The topological polar surface area (TPSA) is 52.0 Å². The Hall–Kier alpha value is -1.66. The van der Waals surface area contributed by atoms with Crippen LogP contribution in [0.5, 0.6) is 0 Å². The monoisotopic (exact) mass is 418 g/mol. The van der Waals surface area contributed by atoms with Crippen LogP contribution in [0, 0.1) is 5.92 Å². The summed E-state index contributed by atoms with van der Waals surface area (Å²) in [5, 5.41) is 0. The van der Waals surface area contributed by atoms with Gasteiger partial charge >= 0.3 is 0 Å². The standard InChI is InChI=1S/C19H19BrN2O2S/c20-16-7-5-14(6-8-16)12-22-18-4-2-1-3-17(18)21-19(22)11-15-9-10-25(23,24)13-15/h1-8,15H,9-13H2/t15-/m0/s1. The average molecular weight is 419 g/mol. The number of halogens is 1. The Morgan fingerprint density at radius 2 is 1.88 bits per heavy atom. The molecule has 1 saturated heterocycles. The second-order valence-electron chi connectivity index (χ2n) is 6.70. The summed E-state index contributed by atoms with van der Waals surface area (Å²) in [6.45, 7) is 0.739. The maximum atomic E-state index is 11.8. The van der Waals surface area contributed by atoms with E-state index in [2.05, 4.69) is 38.7 Å². The van der Waals surface area contributed by atoms with Gasteiger partial charge in [-0.15, -0.1) is 0 Å². The Morgan fingerprint density at radius 1 is 1.12 bits per heavy atom. The summed E-state index contributed by atoms with van der Waals surface area (Å²) >= 11 is 3.47. The zero-order valence-electron chi connectivity index (χ0n) is 13.7. The SMILES string of the molecule is O=S1(=O)CC[C@@H](Cc2nc3ccccc3n2Cc2ccc(Br)cc2)C1. The maximum absolute atomic E-state index is 11.8. The fourth-order valence-corrected chi connectivity index (χ4v) is 5.65. The number of sulfone groups is 1. The Morgan fingerprint density at radius 3 is 2.60 bits per heavy atom. The first kappa shape index (κ1) is 16.8. The lowest BCUT2D eigenvalue weighted by Crippen LogP contribution is -2.12. The number of hydrogen-bond acceptors (Lipinski definition) is 3. The summed E-state index contributed by atoms with van der Waals surface area (Å²) in [6, 6.07) is 16.4. The van der Waals surface area contributed by atoms with E-state index in [1.54, 1.807) is 0 Å². The van der Waals surface area contributed by atoms with Gasteiger partial charge in [-0.3, -0.25) is 0 Å². The maximum Gasteiger partial charge on any atom is 0.150 e. The van der Waals surface area contributed by atoms with Crippen LogP contribution in [0.25, 0.3) is 11.0 Å². The van der Waals surface area contributed by atoms with Gasteiger partial charge in [0.1, 0.15) is 5.82 Å². The van der Waals surface area contributed by atoms with Crippen molar-refractivity contribution in [2.75, 3.05) is 11.5 Å². The fraction of sp³-hybridized carbons (Fsp3) is 0.316. The predicted molar refractivity (Wildman–Crippen MR) is 103 cm³/mol. The molecule has 1 atom stereocenters. The van der Waals surface area contributed by atoms with Gasteiger partial charge in [0.25, 0.3) is 0 Å². The summed E-state index contributed by atoms with van der Waals surface area (Å²) < 4.78 is 26.8. The first-order valence-corrected chi connectivity index (χ1v) is 11.0. The van der Waals surface area contributed by atoms with Gasteiger partial charge in [0.05, 0.1) is 22.5 Å². The van der Waals surface area contributed by atoms with Crippen LogP contribution in [-0.4, -0.2) is 29.5 Å². The van der Waals surface area contributed by atoms with Gasteiger partial charge in [-0.2, -0.15) is 0 Å². The molecule has 0 spiro atoms. The second kappa shape index (κ2) is 6.57.